The Labute approximate surface area is 205 Å². The first-order chi connectivity index (χ1) is 17.0. The molecule has 4 atom stereocenters. The van der Waals surface area contributed by atoms with Gasteiger partial charge in [0.25, 0.3) is 0 Å². The highest BCUT2D eigenvalue weighted by Gasteiger charge is 2.46. The van der Waals surface area contributed by atoms with Crippen molar-refractivity contribution in [1.29, 1.82) is 0 Å². The van der Waals surface area contributed by atoms with Crippen LogP contribution in [0.2, 0.25) is 0 Å². The SMILES string of the molecule is CNc1ccc(C2CC(OCCOC)C[C@@H](C(=O)Nc3ccc(C(F)(F)F)cc3F)[C@@H]2C(=O)O)cc1. The van der Waals surface area contributed by atoms with E-state index >= 15 is 0 Å². The summed E-state index contributed by atoms with van der Waals surface area (Å²) in [6, 6.07) is 8.87. The number of hydrogen-bond acceptors (Lipinski definition) is 5. The molecule has 3 N–H and O–H groups in total. The minimum absolute atomic E-state index is 0.0415. The van der Waals surface area contributed by atoms with Crippen LogP contribution in [-0.4, -0.2) is 50.5 Å². The van der Waals surface area contributed by atoms with E-state index in [-0.39, 0.29) is 19.1 Å². The van der Waals surface area contributed by atoms with Gasteiger partial charge in [-0.1, -0.05) is 12.1 Å². The quantitative estimate of drug-likeness (QED) is 0.332. The molecule has 0 spiro atoms. The Balaban J connectivity index is 1.91. The Morgan fingerprint density at radius 3 is 2.33 bits per heavy atom. The first-order valence-electron chi connectivity index (χ1n) is 11.3. The number of nitrogens with one attached hydrogen (secondary N) is 2. The molecule has 3 rings (SSSR count). The molecule has 1 aliphatic rings. The van der Waals surface area contributed by atoms with Crippen molar-refractivity contribution < 1.29 is 41.7 Å². The number of amides is 1. The minimum atomic E-state index is -4.75. The van der Waals surface area contributed by atoms with Gasteiger partial charge in [0.1, 0.15) is 5.82 Å². The number of ether oxygens (including phenoxy) is 2. The van der Waals surface area contributed by atoms with E-state index in [1.54, 1.807) is 31.3 Å². The molecule has 0 radical (unpaired) electrons. The van der Waals surface area contributed by atoms with Crippen LogP contribution in [0.4, 0.5) is 28.9 Å². The van der Waals surface area contributed by atoms with E-state index in [0.29, 0.717) is 24.7 Å². The molecule has 0 heterocycles. The summed E-state index contributed by atoms with van der Waals surface area (Å²) in [5.74, 6) is -6.17. The Bertz CT molecular complexity index is 1060. The summed E-state index contributed by atoms with van der Waals surface area (Å²) in [5, 5.41) is 15.4. The van der Waals surface area contributed by atoms with E-state index in [2.05, 4.69) is 10.6 Å². The van der Waals surface area contributed by atoms with Crippen molar-refractivity contribution in [3.8, 4) is 0 Å². The molecule has 1 saturated carbocycles. The number of carboxylic acids is 1. The Hall–Kier alpha value is -3.18. The normalized spacial score (nSPS) is 22.2. The van der Waals surface area contributed by atoms with Crippen LogP contribution in [0.5, 0.6) is 0 Å². The second-order valence-electron chi connectivity index (χ2n) is 8.59. The predicted molar refractivity (Wildman–Crippen MR) is 124 cm³/mol. The summed E-state index contributed by atoms with van der Waals surface area (Å²) in [6.07, 6.45) is -4.86. The van der Waals surface area contributed by atoms with Crippen molar-refractivity contribution in [3.63, 3.8) is 0 Å². The van der Waals surface area contributed by atoms with Gasteiger partial charge in [0, 0.05) is 25.8 Å². The number of hydrogen-bond donors (Lipinski definition) is 3. The zero-order chi connectivity index (χ0) is 26.5. The second kappa shape index (κ2) is 11.7. The highest BCUT2D eigenvalue weighted by molar-refractivity contribution is 5.95. The smallest absolute Gasteiger partial charge is 0.416 e. The third-order valence-corrected chi connectivity index (χ3v) is 6.35. The van der Waals surface area contributed by atoms with Gasteiger partial charge >= 0.3 is 12.1 Å². The van der Waals surface area contributed by atoms with Crippen LogP contribution in [-0.2, 0) is 25.2 Å². The second-order valence-corrected chi connectivity index (χ2v) is 8.59. The molecule has 1 fully saturated rings. The average Bonchev–Trinajstić information content (AvgIpc) is 2.84. The van der Waals surface area contributed by atoms with Gasteiger partial charge in [-0.2, -0.15) is 13.2 Å². The van der Waals surface area contributed by atoms with E-state index in [4.69, 9.17) is 9.47 Å². The van der Waals surface area contributed by atoms with Gasteiger partial charge in [0.05, 0.1) is 42.4 Å². The van der Waals surface area contributed by atoms with Crippen molar-refractivity contribution >= 4 is 23.3 Å². The number of alkyl halides is 3. The van der Waals surface area contributed by atoms with Gasteiger partial charge in [0.2, 0.25) is 5.91 Å². The predicted octanol–water partition coefficient (Wildman–Crippen LogP) is 4.75. The lowest BCUT2D eigenvalue weighted by molar-refractivity contribution is -0.152. The van der Waals surface area contributed by atoms with Crippen LogP contribution in [0.25, 0.3) is 0 Å². The van der Waals surface area contributed by atoms with E-state index in [1.807, 2.05) is 0 Å². The summed E-state index contributed by atoms with van der Waals surface area (Å²) < 4.78 is 63.8. The molecular formula is C25H28F4N2O5. The molecule has 0 saturated heterocycles. The molecule has 196 valence electrons. The summed E-state index contributed by atoms with van der Waals surface area (Å²) in [7, 11) is 3.25. The Morgan fingerprint density at radius 2 is 1.78 bits per heavy atom. The number of anilines is 2. The molecule has 36 heavy (non-hydrogen) atoms. The van der Waals surface area contributed by atoms with E-state index in [1.165, 1.54) is 7.11 Å². The first kappa shape index (κ1) is 27.4. The zero-order valence-electron chi connectivity index (χ0n) is 19.8. The van der Waals surface area contributed by atoms with Crippen molar-refractivity contribution in [1.82, 2.24) is 0 Å². The maximum Gasteiger partial charge on any atom is 0.416 e. The van der Waals surface area contributed by atoms with Crippen LogP contribution >= 0.6 is 0 Å². The molecule has 0 aliphatic heterocycles. The molecule has 2 aromatic rings. The number of carbonyl (C=O) groups excluding carboxylic acids is 1. The van der Waals surface area contributed by atoms with E-state index in [9.17, 15) is 32.3 Å². The number of benzene rings is 2. The molecule has 11 heteroatoms. The van der Waals surface area contributed by atoms with E-state index < -0.39 is 59.0 Å². The van der Waals surface area contributed by atoms with Gasteiger partial charge in [-0.25, -0.2) is 4.39 Å². The van der Waals surface area contributed by atoms with Crippen LogP contribution in [0, 0.1) is 17.7 Å². The third kappa shape index (κ3) is 6.52. The summed E-state index contributed by atoms with van der Waals surface area (Å²) in [5.41, 5.74) is -0.147. The fraction of sp³-hybridized carbons (Fsp3) is 0.440. The standard InChI is InChI=1S/C25H28F4N2O5/c1-30-16-6-3-14(4-7-16)18-12-17(36-10-9-35-2)13-19(22(18)24(33)34)23(32)31-21-8-5-15(11-20(21)26)25(27,28)29/h3-8,11,17-19,22,30H,9-10,12-13H2,1-2H3,(H,31,32)(H,33,34)/t17?,18?,19-,22-/m1/s1. The Kier molecular flexibility index (Phi) is 8.91. The highest BCUT2D eigenvalue weighted by Crippen LogP contribution is 2.43. The fourth-order valence-corrected chi connectivity index (χ4v) is 4.54. The molecule has 2 aromatic carbocycles. The fourth-order valence-electron chi connectivity index (χ4n) is 4.54. The monoisotopic (exact) mass is 512 g/mol. The highest BCUT2D eigenvalue weighted by atomic mass is 19.4. The maximum atomic E-state index is 14.4. The van der Waals surface area contributed by atoms with Crippen LogP contribution in [0.1, 0.15) is 29.9 Å². The zero-order valence-corrected chi connectivity index (χ0v) is 19.8. The van der Waals surface area contributed by atoms with Crippen LogP contribution < -0.4 is 10.6 Å². The average molecular weight is 513 g/mol. The lowest BCUT2D eigenvalue weighted by Crippen LogP contribution is -2.45. The first-order valence-corrected chi connectivity index (χ1v) is 11.3. The Morgan fingerprint density at radius 1 is 1.08 bits per heavy atom. The number of rotatable bonds is 9. The molecule has 2 unspecified atom stereocenters. The van der Waals surface area contributed by atoms with Crippen molar-refractivity contribution in [2.45, 2.75) is 31.0 Å². The molecule has 7 nitrogen and oxygen atoms in total. The molecule has 1 amide bonds. The van der Waals surface area contributed by atoms with Gasteiger partial charge < -0.3 is 25.2 Å². The molecular weight excluding hydrogens is 484 g/mol. The number of carboxylic acid groups (broad SMARTS) is 1. The minimum Gasteiger partial charge on any atom is -0.481 e. The molecule has 1 aliphatic carbocycles. The van der Waals surface area contributed by atoms with Crippen molar-refractivity contribution in [3.05, 3.63) is 59.4 Å². The van der Waals surface area contributed by atoms with Gasteiger partial charge in [-0.05, 0) is 48.7 Å². The number of aliphatic carboxylic acids is 1. The van der Waals surface area contributed by atoms with Gasteiger partial charge in [-0.15, -0.1) is 0 Å². The van der Waals surface area contributed by atoms with Gasteiger partial charge in [-0.3, -0.25) is 9.59 Å². The third-order valence-electron chi connectivity index (χ3n) is 6.35. The lowest BCUT2D eigenvalue weighted by atomic mass is 9.67. The molecule has 0 aromatic heterocycles. The number of methoxy groups -OCH3 is 1. The number of halogens is 4. The summed E-state index contributed by atoms with van der Waals surface area (Å²) in [6.45, 7) is 0.528. The van der Waals surface area contributed by atoms with Crippen LogP contribution in [0.15, 0.2) is 42.5 Å². The van der Waals surface area contributed by atoms with Crippen LogP contribution in [0.3, 0.4) is 0 Å². The van der Waals surface area contributed by atoms with Gasteiger partial charge in [0.15, 0.2) is 0 Å². The summed E-state index contributed by atoms with van der Waals surface area (Å²) >= 11 is 0. The topological polar surface area (TPSA) is 96.9 Å². The van der Waals surface area contributed by atoms with Crippen molar-refractivity contribution in [2.24, 2.45) is 11.8 Å². The maximum absolute atomic E-state index is 14.4. The number of carbonyl (C=O) groups is 2. The van der Waals surface area contributed by atoms with Crippen molar-refractivity contribution in [2.75, 3.05) is 38.0 Å². The lowest BCUT2D eigenvalue weighted by Gasteiger charge is -2.39. The molecule has 0 bridgehead atoms. The largest absolute Gasteiger partial charge is 0.481 e. The van der Waals surface area contributed by atoms with E-state index in [0.717, 1.165) is 11.8 Å². The summed E-state index contributed by atoms with van der Waals surface area (Å²) in [4.78, 5) is 25.6.